The van der Waals surface area contributed by atoms with Crippen molar-refractivity contribution >= 4 is 30.5 Å². The second-order valence-corrected chi connectivity index (χ2v) is 10.2. The highest BCUT2D eigenvalue weighted by molar-refractivity contribution is 7.81. The van der Waals surface area contributed by atoms with Crippen LogP contribution in [0.2, 0.25) is 0 Å². The molecule has 3 aromatic carbocycles. The van der Waals surface area contributed by atoms with Gasteiger partial charge in [0.05, 0.1) is 0 Å². The van der Waals surface area contributed by atoms with Gasteiger partial charge in [-0.15, -0.1) is 12.6 Å². The van der Waals surface area contributed by atoms with E-state index in [2.05, 4.69) is 39.6 Å². The molecule has 6 N–H and O–H groups in total. The Balaban J connectivity index is 1.47. The van der Waals surface area contributed by atoms with E-state index < -0.39 is 29.1 Å². The number of nitrogens with one attached hydrogen (secondary N) is 5. The minimum atomic E-state index is -2.25. The van der Waals surface area contributed by atoms with Gasteiger partial charge in [-0.1, -0.05) is 80.6 Å². The van der Waals surface area contributed by atoms with Crippen molar-refractivity contribution in [2.45, 2.75) is 44.7 Å². The molecule has 0 fully saturated rings. The Morgan fingerprint density at radius 2 is 1.46 bits per heavy atom. The number of ether oxygens (including phenoxy) is 2. The van der Waals surface area contributed by atoms with Crippen LogP contribution in [0.1, 0.15) is 41.8 Å². The van der Waals surface area contributed by atoms with Crippen LogP contribution in [0.15, 0.2) is 84.9 Å². The Kier molecular flexibility index (Phi) is 12.0. The summed E-state index contributed by atoms with van der Waals surface area (Å²) in [4.78, 5) is 37.7. The molecule has 0 spiro atoms. The molecule has 0 aromatic heterocycles. The number of alkyl carbamates (subject to hydrolysis) is 1. The van der Waals surface area contributed by atoms with Gasteiger partial charge >= 0.3 is 6.09 Å². The zero-order valence-corrected chi connectivity index (χ0v) is 23.7. The highest BCUT2D eigenvalue weighted by Crippen LogP contribution is 2.15. The van der Waals surface area contributed by atoms with Gasteiger partial charge in [-0.3, -0.25) is 20.4 Å². The molecule has 218 valence electrons. The van der Waals surface area contributed by atoms with Crippen molar-refractivity contribution in [2.24, 2.45) is 5.92 Å². The number of amides is 3. The molecule has 3 rings (SSSR count). The highest BCUT2D eigenvalue weighted by Gasteiger charge is 2.27. The number of benzene rings is 3. The smallest absolute Gasteiger partial charge is 0.408 e. The summed E-state index contributed by atoms with van der Waals surface area (Å²) in [6.07, 6.45) is -0.470. The van der Waals surface area contributed by atoms with E-state index in [1.807, 2.05) is 74.5 Å². The molecule has 41 heavy (non-hydrogen) atoms. The molecule has 12 heteroatoms. The van der Waals surface area contributed by atoms with Gasteiger partial charge in [0.2, 0.25) is 0 Å². The van der Waals surface area contributed by atoms with Gasteiger partial charge in [0.25, 0.3) is 17.0 Å². The van der Waals surface area contributed by atoms with E-state index in [4.69, 9.17) is 9.47 Å². The average Bonchev–Trinajstić information content (AvgIpc) is 2.97. The maximum Gasteiger partial charge on any atom is 0.408 e. The van der Waals surface area contributed by atoms with E-state index in [-0.39, 0.29) is 18.1 Å². The fraction of sp³-hybridized carbons (Fsp3) is 0.276. The maximum atomic E-state index is 12.8. The van der Waals surface area contributed by atoms with Gasteiger partial charge in [0, 0.05) is 5.56 Å². The van der Waals surface area contributed by atoms with Crippen LogP contribution in [0.3, 0.4) is 0 Å². The van der Waals surface area contributed by atoms with Crippen LogP contribution in [0.4, 0.5) is 4.79 Å². The topological polar surface area (TPSA) is 150 Å². The van der Waals surface area contributed by atoms with E-state index in [0.717, 1.165) is 11.1 Å². The van der Waals surface area contributed by atoms with Crippen molar-refractivity contribution in [3.63, 3.8) is 0 Å². The Bertz CT molecular complexity index is 1280. The zero-order chi connectivity index (χ0) is 29.7. The van der Waals surface area contributed by atoms with E-state index in [1.165, 1.54) is 0 Å². The molecule has 0 unspecified atom stereocenters. The molecule has 3 aromatic rings. The third-order valence-corrected chi connectivity index (χ3v) is 5.81. The summed E-state index contributed by atoms with van der Waals surface area (Å²) >= 11 is 3.99. The van der Waals surface area contributed by atoms with Crippen LogP contribution < -0.4 is 31.8 Å². The normalized spacial score (nSPS) is 13.0. The Hall–Kier alpha value is -4.10. The molecule has 0 aliphatic heterocycles. The second kappa shape index (κ2) is 15.6. The lowest BCUT2D eigenvalue weighted by molar-refractivity contribution is -0.126. The summed E-state index contributed by atoms with van der Waals surface area (Å²) < 4.78 is 10.9. The fourth-order valence-corrected chi connectivity index (χ4v) is 3.67. The van der Waals surface area contributed by atoms with Crippen LogP contribution in [-0.4, -0.2) is 34.2 Å². The van der Waals surface area contributed by atoms with Gasteiger partial charge in [0.15, 0.2) is 0 Å². The fourth-order valence-electron chi connectivity index (χ4n) is 3.56. The van der Waals surface area contributed by atoms with E-state index in [1.54, 1.807) is 24.3 Å². The molecule has 0 aliphatic carbocycles. The number of hydrogen-bond donors (Lipinski definition) is 7. The largest absolute Gasteiger partial charge is 0.489 e. The summed E-state index contributed by atoms with van der Waals surface area (Å²) in [6.45, 7) is 4.15. The lowest BCUT2D eigenvalue weighted by Gasteiger charge is -2.27. The van der Waals surface area contributed by atoms with Gasteiger partial charge in [-0.25, -0.2) is 4.79 Å². The van der Waals surface area contributed by atoms with Crippen LogP contribution >= 0.6 is 12.6 Å². The average molecular weight is 582 g/mol. The van der Waals surface area contributed by atoms with Crippen molar-refractivity contribution < 1.29 is 29.0 Å². The molecule has 2 atom stereocenters. The molecule has 0 heterocycles. The number of thiol groups is 1. The Morgan fingerprint density at radius 1 is 0.854 bits per heavy atom. The first-order valence-electron chi connectivity index (χ1n) is 12.9. The molecular formula is C29H35N5O6S. The maximum absolute atomic E-state index is 12.8. The third-order valence-electron chi connectivity index (χ3n) is 5.58. The molecule has 0 bridgehead atoms. The number of carbonyl (C=O) groups excluding carboxylic acids is 3. The number of carbonyl (C=O) groups is 3. The standard InChI is InChI=1S/C29H35N5O6S/c1-20(2)16-25(30-28(37)40-19-22-12-7-4-8-13-22)27(36)32-34-29(38,41)33-31-26(35)23-14-9-15-24(17-23)39-18-21-10-5-3-6-11-21/h3-15,17,20,25,33-34,38,41H,16,18-19H2,1-2H3,(H,30,37)(H,31,35)(H,32,36)/t25-,29+/m0/s1. The Morgan fingerprint density at radius 3 is 2.10 bits per heavy atom. The van der Waals surface area contributed by atoms with Gasteiger partial charge in [-0.2, -0.15) is 10.9 Å². The van der Waals surface area contributed by atoms with Crippen molar-refractivity contribution in [3.05, 3.63) is 102 Å². The minimum absolute atomic E-state index is 0.0447. The molecule has 0 radical (unpaired) electrons. The molecule has 0 saturated carbocycles. The molecule has 11 nitrogen and oxygen atoms in total. The summed E-state index contributed by atoms with van der Waals surface area (Å²) in [7, 11) is 0. The van der Waals surface area contributed by atoms with Gasteiger partial charge < -0.3 is 19.9 Å². The monoisotopic (exact) mass is 581 g/mol. The van der Waals surface area contributed by atoms with E-state index in [9.17, 15) is 19.5 Å². The minimum Gasteiger partial charge on any atom is -0.489 e. The van der Waals surface area contributed by atoms with Crippen molar-refractivity contribution in [1.29, 1.82) is 0 Å². The zero-order valence-electron chi connectivity index (χ0n) is 22.8. The van der Waals surface area contributed by atoms with Gasteiger partial charge in [-0.05, 0) is 41.7 Å². The van der Waals surface area contributed by atoms with Crippen LogP contribution in [0.5, 0.6) is 5.75 Å². The van der Waals surface area contributed by atoms with E-state index in [0.29, 0.717) is 18.8 Å². The number of hydrogen-bond acceptors (Lipinski definition) is 9. The van der Waals surface area contributed by atoms with Crippen molar-refractivity contribution in [2.75, 3.05) is 0 Å². The Labute approximate surface area is 244 Å². The molecular weight excluding hydrogens is 546 g/mol. The lowest BCUT2D eigenvalue weighted by Crippen LogP contribution is -2.65. The second-order valence-electron chi connectivity index (χ2n) is 9.56. The first kappa shape index (κ1) is 31.4. The molecule has 3 amide bonds. The van der Waals surface area contributed by atoms with Gasteiger partial charge in [0.1, 0.15) is 25.0 Å². The van der Waals surface area contributed by atoms with Crippen LogP contribution in [0, 0.1) is 5.92 Å². The predicted octanol–water partition coefficient (Wildman–Crippen LogP) is 3.00. The van der Waals surface area contributed by atoms with E-state index >= 15 is 0 Å². The SMILES string of the molecule is CC(C)C[C@H](NC(=O)OCc1ccccc1)C(=O)NN[C@](O)(S)NNC(=O)c1cccc(OCc2ccccc2)c1. The first-order chi connectivity index (χ1) is 19.6. The first-order valence-corrected chi connectivity index (χ1v) is 13.4. The van der Waals surface area contributed by atoms with Crippen molar-refractivity contribution in [3.8, 4) is 5.75 Å². The highest BCUT2D eigenvalue weighted by atomic mass is 32.1. The molecule has 0 aliphatic rings. The van der Waals surface area contributed by atoms with Crippen LogP contribution in [-0.2, 0) is 22.7 Å². The number of rotatable bonds is 14. The van der Waals surface area contributed by atoms with Crippen LogP contribution in [0.25, 0.3) is 0 Å². The number of aliphatic hydroxyl groups is 1. The third kappa shape index (κ3) is 11.5. The summed E-state index contributed by atoms with van der Waals surface area (Å²) in [5.41, 5.74) is 11.2. The molecule has 0 saturated heterocycles. The van der Waals surface area contributed by atoms with Crippen molar-refractivity contribution in [1.82, 2.24) is 27.0 Å². The number of hydrazine groups is 2. The summed E-state index contributed by atoms with van der Waals surface area (Å²) in [6, 6.07) is 24.2. The summed E-state index contributed by atoms with van der Waals surface area (Å²) in [5, 5.41) is 10.7. The lowest BCUT2D eigenvalue weighted by atomic mass is 10.0. The quantitative estimate of drug-likeness (QED) is 0.0873. The predicted molar refractivity (Wildman–Crippen MR) is 156 cm³/mol. The summed E-state index contributed by atoms with van der Waals surface area (Å²) in [5.74, 6) is -0.700.